The SMILES string of the molecule is CCS(=O)(=O)[N+](S(=O)(=O)CC)(S(=O)(=O)CC)S(=O)(=O)CC.[Cl-]. The molecule has 0 aromatic heterocycles. The van der Waals surface area contributed by atoms with Gasteiger partial charge in [-0.15, -0.1) is 0 Å². The maximum absolute atomic E-state index is 12.3. The van der Waals surface area contributed by atoms with Crippen LogP contribution in [0.1, 0.15) is 27.7 Å². The fourth-order valence-corrected chi connectivity index (χ4v) is 15.0. The third kappa shape index (κ3) is 3.15. The topological polar surface area (TPSA) is 137 Å². The number of rotatable bonds is 8. The summed E-state index contributed by atoms with van der Waals surface area (Å²) >= 11 is 0. The van der Waals surface area contributed by atoms with Crippen LogP contribution < -0.4 is 12.4 Å². The zero-order chi connectivity index (χ0) is 17.3. The smallest absolute Gasteiger partial charge is 0.340 e. The standard InChI is InChI=1S/C8H20NO8S4.ClH/c1-5-18(10,11)9(19(12,13)6-2,20(14,15)7-3)21(16,17)8-4;/h5-8H2,1-4H3;1H/q+1;/p-1. The molecule has 0 atom stereocenters. The van der Waals surface area contributed by atoms with Gasteiger partial charge in [0.15, 0.2) is 0 Å². The molecule has 0 saturated heterocycles. The van der Waals surface area contributed by atoms with E-state index in [2.05, 4.69) is 0 Å². The average molecular weight is 422 g/mol. The van der Waals surface area contributed by atoms with Crippen LogP contribution in [0.3, 0.4) is 0 Å². The summed E-state index contributed by atoms with van der Waals surface area (Å²) in [7, 11) is -20.2. The van der Waals surface area contributed by atoms with Crippen molar-refractivity contribution in [1.29, 1.82) is 0 Å². The Morgan fingerprint density at radius 1 is 0.500 bits per heavy atom. The van der Waals surface area contributed by atoms with Crippen LogP contribution >= 0.6 is 0 Å². The van der Waals surface area contributed by atoms with Gasteiger partial charge in [-0.3, -0.25) is 0 Å². The second-order valence-corrected chi connectivity index (χ2v) is 14.5. The van der Waals surface area contributed by atoms with Crippen molar-refractivity contribution in [2.75, 3.05) is 23.0 Å². The Hall–Kier alpha value is 0.0500. The average Bonchev–Trinajstić information content (AvgIpc) is 2.37. The van der Waals surface area contributed by atoms with Crippen LogP contribution in [0, 0.1) is 0 Å². The maximum atomic E-state index is 12.3. The lowest BCUT2D eigenvalue weighted by molar-refractivity contribution is -0.355. The Morgan fingerprint density at radius 2 is 0.636 bits per heavy atom. The van der Waals surface area contributed by atoms with Crippen molar-refractivity contribution in [2.45, 2.75) is 27.7 Å². The van der Waals surface area contributed by atoms with Crippen molar-refractivity contribution in [1.82, 2.24) is 0 Å². The first-order valence-corrected chi connectivity index (χ1v) is 12.5. The van der Waals surface area contributed by atoms with E-state index in [9.17, 15) is 33.7 Å². The van der Waals surface area contributed by atoms with E-state index in [4.69, 9.17) is 0 Å². The summed E-state index contributed by atoms with van der Waals surface area (Å²) < 4.78 is 95.3. The predicted molar refractivity (Wildman–Crippen MR) is 78.1 cm³/mol. The highest BCUT2D eigenvalue weighted by atomic mass is 35.5. The molecule has 0 spiro atoms. The Morgan fingerprint density at radius 3 is 0.727 bits per heavy atom. The monoisotopic (exact) mass is 421 g/mol. The molecule has 0 aromatic carbocycles. The van der Waals surface area contributed by atoms with Gasteiger partial charge in [-0.2, -0.15) is 33.7 Å². The van der Waals surface area contributed by atoms with Gasteiger partial charge in [-0.05, 0) is 27.7 Å². The van der Waals surface area contributed by atoms with Crippen LogP contribution in [0.25, 0.3) is 0 Å². The number of hydrogen-bond acceptors (Lipinski definition) is 8. The van der Waals surface area contributed by atoms with E-state index in [1.54, 1.807) is 0 Å². The molecule has 22 heavy (non-hydrogen) atoms. The number of nitrogens with zero attached hydrogens (tertiary/aromatic N) is 1. The molecule has 0 aliphatic carbocycles. The molecule has 0 rings (SSSR count). The highest BCUT2D eigenvalue weighted by Crippen LogP contribution is 2.35. The fourth-order valence-electron chi connectivity index (χ4n) is 1.67. The van der Waals surface area contributed by atoms with Crippen molar-refractivity contribution >= 4 is 40.1 Å². The van der Waals surface area contributed by atoms with Gasteiger partial charge in [0.25, 0.3) is 0 Å². The van der Waals surface area contributed by atoms with E-state index < -0.39 is 65.2 Å². The molecule has 0 unspecified atom stereocenters. The van der Waals surface area contributed by atoms with E-state index in [-0.39, 0.29) is 12.4 Å². The molecule has 0 N–H and O–H groups in total. The van der Waals surface area contributed by atoms with Gasteiger partial charge >= 0.3 is 40.1 Å². The van der Waals surface area contributed by atoms with Crippen molar-refractivity contribution in [2.24, 2.45) is 0 Å². The summed E-state index contributed by atoms with van der Waals surface area (Å²) in [4.78, 5) is 0. The predicted octanol–water partition coefficient (Wildman–Crippen LogP) is -3.79. The van der Waals surface area contributed by atoms with Gasteiger partial charge < -0.3 is 12.4 Å². The van der Waals surface area contributed by atoms with Gasteiger partial charge in [0.1, 0.15) is 23.0 Å². The molecule has 136 valence electrons. The minimum atomic E-state index is -5.06. The quantitative estimate of drug-likeness (QED) is 0.364. The van der Waals surface area contributed by atoms with Gasteiger partial charge in [-0.25, -0.2) is 0 Å². The van der Waals surface area contributed by atoms with Gasteiger partial charge in [0.05, 0.1) is 2.10 Å². The molecule has 0 heterocycles. The molecule has 0 bridgehead atoms. The van der Waals surface area contributed by atoms with Crippen LogP contribution in [0.5, 0.6) is 0 Å². The van der Waals surface area contributed by atoms with E-state index in [1.165, 1.54) is 0 Å². The minimum Gasteiger partial charge on any atom is -1.00 e. The van der Waals surface area contributed by atoms with Crippen LogP contribution in [0.4, 0.5) is 0 Å². The molecular weight excluding hydrogens is 402 g/mol. The van der Waals surface area contributed by atoms with Gasteiger partial charge in [-0.1, -0.05) is 0 Å². The zero-order valence-electron chi connectivity index (χ0n) is 12.6. The largest absolute Gasteiger partial charge is 1.00 e. The molecule has 9 nitrogen and oxygen atoms in total. The summed E-state index contributed by atoms with van der Waals surface area (Å²) in [6.07, 6.45) is 0. The summed E-state index contributed by atoms with van der Waals surface area (Å²) in [6.45, 7) is 3.96. The summed E-state index contributed by atoms with van der Waals surface area (Å²) in [5.74, 6) is -3.81. The molecular formula is C8H20ClNO8S4. The van der Waals surface area contributed by atoms with Gasteiger partial charge in [0.2, 0.25) is 0 Å². The Labute approximate surface area is 138 Å². The second kappa shape index (κ2) is 7.30. The molecule has 0 fully saturated rings. The Kier molecular flexibility index (Phi) is 8.06. The highest BCUT2D eigenvalue weighted by Gasteiger charge is 2.69. The second-order valence-electron chi connectivity index (χ2n) is 3.93. The first kappa shape index (κ1) is 24.3. The number of quaternary nitrogens is 1. The van der Waals surface area contributed by atoms with Crippen molar-refractivity contribution in [3.63, 3.8) is 0 Å². The first-order valence-electron chi connectivity index (χ1n) is 6.05. The van der Waals surface area contributed by atoms with E-state index >= 15 is 0 Å². The molecule has 0 aromatic rings. The summed E-state index contributed by atoms with van der Waals surface area (Å²) in [6, 6.07) is 0. The third-order valence-electron chi connectivity index (χ3n) is 2.82. The van der Waals surface area contributed by atoms with E-state index in [0.29, 0.717) is 0 Å². The first-order chi connectivity index (χ1) is 9.24. The van der Waals surface area contributed by atoms with Crippen LogP contribution in [-0.2, 0) is 40.1 Å². The molecule has 0 aliphatic heterocycles. The Bertz CT molecular complexity index is 653. The van der Waals surface area contributed by atoms with E-state index in [1.807, 2.05) is 0 Å². The fraction of sp³-hybridized carbons (Fsp3) is 1.00. The third-order valence-corrected chi connectivity index (χ3v) is 16.6. The molecule has 14 heteroatoms. The molecule has 0 aliphatic rings. The highest BCUT2D eigenvalue weighted by molar-refractivity contribution is 8.20. The van der Waals surface area contributed by atoms with Crippen LogP contribution in [-0.4, -0.2) is 58.8 Å². The van der Waals surface area contributed by atoms with E-state index in [0.717, 1.165) is 27.7 Å². The molecule has 0 radical (unpaired) electrons. The van der Waals surface area contributed by atoms with Crippen molar-refractivity contribution < 1.29 is 48.2 Å². The summed E-state index contributed by atoms with van der Waals surface area (Å²) in [5, 5.41) is 0. The Balaban J connectivity index is 0. The lowest BCUT2D eigenvalue weighted by Gasteiger charge is -2.30. The normalized spacial score (nSPS) is 14.4. The van der Waals surface area contributed by atoms with Crippen LogP contribution in [0.15, 0.2) is 0 Å². The molecule has 0 saturated carbocycles. The lowest BCUT2D eigenvalue weighted by atomic mass is 11.0. The number of halogens is 1. The van der Waals surface area contributed by atoms with Crippen LogP contribution in [0.2, 0.25) is 0 Å². The minimum absolute atomic E-state index is 0. The summed E-state index contributed by atoms with van der Waals surface area (Å²) in [5.41, 5.74) is 0. The van der Waals surface area contributed by atoms with Gasteiger partial charge in [0, 0.05) is 0 Å². The van der Waals surface area contributed by atoms with Crippen molar-refractivity contribution in [3.05, 3.63) is 0 Å². The number of hydrogen-bond donors (Lipinski definition) is 0. The number of sulfonamides is 4. The molecule has 0 amide bonds. The van der Waals surface area contributed by atoms with Crippen molar-refractivity contribution in [3.8, 4) is 0 Å². The maximum Gasteiger partial charge on any atom is 0.340 e. The lowest BCUT2D eigenvalue weighted by Crippen LogP contribution is -3.00. The zero-order valence-corrected chi connectivity index (χ0v) is 16.6.